The Morgan fingerprint density at radius 2 is 2.38 bits per heavy atom. The Labute approximate surface area is 49.4 Å². The van der Waals surface area contributed by atoms with Crippen molar-refractivity contribution in [2.45, 2.75) is 6.04 Å². The molecule has 2 saturated heterocycles. The second-order valence-corrected chi connectivity index (χ2v) is 2.80. The van der Waals surface area contributed by atoms with Crippen molar-refractivity contribution in [3.05, 3.63) is 0 Å². The van der Waals surface area contributed by atoms with Crippen molar-refractivity contribution in [3.8, 4) is 0 Å². The van der Waals surface area contributed by atoms with Gasteiger partial charge in [-0.05, 0) is 7.05 Å². The van der Waals surface area contributed by atoms with Crippen LogP contribution in [0.5, 0.6) is 0 Å². The summed E-state index contributed by atoms with van der Waals surface area (Å²) in [6, 6.07) is 0.773. The minimum absolute atomic E-state index is 0.773. The van der Waals surface area contributed by atoms with Crippen LogP contribution < -0.4 is 0 Å². The summed E-state index contributed by atoms with van der Waals surface area (Å²) >= 11 is 0. The normalized spacial score (nSPS) is 46.1. The van der Waals surface area contributed by atoms with E-state index in [1.165, 1.54) is 6.54 Å². The Bertz CT molecular complexity index is 105. The molecule has 0 aromatic rings. The number of hydrogen-bond donors (Lipinski definition) is 0. The molecule has 8 heavy (non-hydrogen) atoms. The van der Waals surface area contributed by atoms with Crippen LogP contribution in [0, 0.1) is 5.92 Å². The highest BCUT2D eigenvalue weighted by Gasteiger charge is 2.40. The predicted octanol–water partition coefficient (Wildman–Crippen LogP) is -0.0532. The molecule has 0 spiro atoms. The van der Waals surface area contributed by atoms with Gasteiger partial charge in [0.25, 0.3) is 0 Å². The first-order valence-corrected chi connectivity index (χ1v) is 3.16. The van der Waals surface area contributed by atoms with E-state index in [0.29, 0.717) is 0 Å². The molecule has 46 valence electrons. The zero-order chi connectivity index (χ0) is 5.56. The first kappa shape index (κ1) is 4.77. The summed E-state index contributed by atoms with van der Waals surface area (Å²) < 4.78 is 5.26. The van der Waals surface area contributed by atoms with Gasteiger partial charge in [0.2, 0.25) is 0 Å². The maximum absolute atomic E-state index is 5.26. The van der Waals surface area contributed by atoms with Crippen LogP contribution >= 0.6 is 0 Å². The number of likely N-dealkylation sites (tertiary alicyclic amines) is 1. The van der Waals surface area contributed by atoms with Crippen molar-refractivity contribution in [1.29, 1.82) is 0 Å². The maximum Gasteiger partial charge on any atom is 0.0625 e. The zero-order valence-corrected chi connectivity index (χ0v) is 5.13. The summed E-state index contributed by atoms with van der Waals surface area (Å²) in [7, 11) is 2.16. The molecule has 0 N–H and O–H groups in total. The first-order chi connectivity index (χ1) is 3.88. The van der Waals surface area contributed by atoms with Gasteiger partial charge in [-0.15, -0.1) is 0 Å². The zero-order valence-electron chi connectivity index (χ0n) is 5.13. The van der Waals surface area contributed by atoms with E-state index in [9.17, 15) is 0 Å². The quantitative estimate of drug-likeness (QED) is 0.436. The van der Waals surface area contributed by atoms with Gasteiger partial charge in [-0.1, -0.05) is 0 Å². The highest BCUT2D eigenvalue weighted by atomic mass is 16.5. The largest absolute Gasteiger partial charge is 0.379 e. The van der Waals surface area contributed by atoms with Gasteiger partial charge in [0.05, 0.1) is 13.2 Å². The van der Waals surface area contributed by atoms with E-state index < -0.39 is 0 Å². The third-order valence-electron chi connectivity index (χ3n) is 2.25. The molecule has 0 aromatic heterocycles. The molecule has 2 aliphatic rings. The fourth-order valence-electron chi connectivity index (χ4n) is 1.62. The van der Waals surface area contributed by atoms with E-state index in [0.717, 1.165) is 25.2 Å². The minimum atomic E-state index is 0.773. The van der Waals surface area contributed by atoms with Crippen LogP contribution in [0.15, 0.2) is 0 Å². The first-order valence-electron chi connectivity index (χ1n) is 3.16. The van der Waals surface area contributed by atoms with Crippen LogP contribution in [-0.2, 0) is 4.74 Å². The summed E-state index contributed by atoms with van der Waals surface area (Å²) in [5, 5.41) is 0. The van der Waals surface area contributed by atoms with Crippen LogP contribution in [0.2, 0.25) is 0 Å². The van der Waals surface area contributed by atoms with E-state index in [1.54, 1.807) is 0 Å². The molecular weight excluding hydrogens is 102 g/mol. The summed E-state index contributed by atoms with van der Waals surface area (Å²) in [5.41, 5.74) is 0. The van der Waals surface area contributed by atoms with Gasteiger partial charge in [0.15, 0.2) is 0 Å². The van der Waals surface area contributed by atoms with Crippen LogP contribution in [0.1, 0.15) is 0 Å². The van der Waals surface area contributed by atoms with E-state index >= 15 is 0 Å². The molecule has 0 aliphatic carbocycles. The van der Waals surface area contributed by atoms with Gasteiger partial charge in [0, 0.05) is 18.5 Å². The van der Waals surface area contributed by atoms with E-state index in [4.69, 9.17) is 4.74 Å². The number of nitrogens with zero attached hydrogens (tertiary/aromatic N) is 1. The molecule has 2 fully saturated rings. The number of hydrogen-bond acceptors (Lipinski definition) is 2. The second kappa shape index (κ2) is 1.45. The highest BCUT2D eigenvalue weighted by Crippen LogP contribution is 2.28. The van der Waals surface area contributed by atoms with Crippen molar-refractivity contribution in [2.24, 2.45) is 5.92 Å². The molecule has 2 heterocycles. The molecule has 0 aromatic carbocycles. The topological polar surface area (TPSA) is 12.5 Å². The molecule has 0 amide bonds. The smallest absolute Gasteiger partial charge is 0.0625 e. The number of fused-ring (bicyclic) bond motifs is 1. The molecule has 2 rings (SSSR count). The third-order valence-corrected chi connectivity index (χ3v) is 2.25. The summed E-state index contributed by atoms with van der Waals surface area (Å²) in [4.78, 5) is 2.36. The molecule has 2 nitrogen and oxygen atoms in total. The van der Waals surface area contributed by atoms with Gasteiger partial charge in [-0.3, -0.25) is 0 Å². The third kappa shape index (κ3) is 0.446. The summed E-state index contributed by atoms with van der Waals surface area (Å²) in [5.74, 6) is 0.875. The highest BCUT2D eigenvalue weighted by molar-refractivity contribution is 4.92. The lowest BCUT2D eigenvalue weighted by molar-refractivity contribution is 0.0820. The van der Waals surface area contributed by atoms with Crippen LogP contribution in [0.25, 0.3) is 0 Å². The Morgan fingerprint density at radius 1 is 1.50 bits per heavy atom. The van der Waals surface area contributed by atoms with Crippen molar-refractivity contribution >= 4 is 0 Å². The van der Waals surface area contributed by atoms with Crippen molar-refractivity contribution in [3.63, 3.8) is 0 Å². The monoisotopic (exact) mass is 113 g/mol. The van der Waals surface area contributed by atoms with E-state index in [-0.39, 0.29) is 0 Å². The number of ether oxygens (including phenoxy) is 1. The molecule has 0 saturated carbocycles. The molecule has 0 unspecified atom stereocenters. The Morgan fingerprint density at radius 3 is 2.88 bits per heavy atom. The maximum atomic E-state index is 5.26. The number of rotatable bonds is 0. The van der Waals surface area contributed by atoms with E-state index in [1.807, 2.05) is 0 Å². The molecule has 2 atom stereocenters. The molecule has 2 heteroatoms. The van der Waals surface area contributed by atoms with E-state index in [2.05, 4.69) is 11.9 Å². The lowest BCUT2D eigenvalue weighted by Crippen LogP contribution is -2.52. The molecule has 2 aliphatic heterocycles. The fourth-order valence-corrected chi connectivity index (χ4v) is 1.62. The Hall–Kier alpha value is -0.0800. The van der Waals surface area contributed by atoms with Gasteiger partial charge in [0.1, 0.15) is 0 Å². The average Bonchev–Trinajstić information content (AvgIpc) is 2.09. The average molecular weight is 113 g/mol. The summed E-state index contributed by atoms with van der Waals surface area (Å²) in [6.45, 7) is 3.24. The SMILES string of the molecule is CN1C[C@@H]2COC[C@@H]21. The van der Waals surface area contributed by atoms with Crippen LogP contribution in [0.4, 0.5) is 0 Å². The van der Waals surface area contributed by atoms with Gasteiger partial charge in [-0.2, -0.15) is 0 Å². The summed E-state index contributed by atoms with van der Waals surface area (Å²) in [6.07, 6.45) is 0. The fraction of sp³-hybridized carbons (Fsp3) is 1.00. The van der Waals surface area contributed by atoms with Gasteiger partial charge < -0.3 is 9.64 Å². The molecule has 0 bridgehead atoms. The predicted molar refractivity (Wildman–Crippen MR) is 30.7 cm³/mol. The molecular formula is C6H11NO. The number of likely N-dealkylation sites (N-methyl/N-ethyl adjacent to an activating group) is 1. The Kier molecular flexibility index (Phi) is 0.866. The van der Waals surface area contributed by atoms with Crippen molar-refractivity contribution in [2.75, 3.05) is 26.8 Å². The minimum Gasteiger partial charge on any atom is -0.379 e. The second-order valence-electron chi connectivity index (χ2n) is 2.80. The lowest BCUT2D eigenvalue weighted by Gasteiger charge is -2.39. The standard InChI is InChI=1S/C6H11NO/c1-7-2-5-3-8-4-6(5)7/h5-6H,2-4H2,1H3/t5-,6+/m1/s1. The van der Waals surface area contributed by atoms with Crippen molar-refractivity contribution in [1.82, 2.24) is 4.90 Å². The lowest BCUT2D eigenvalue weighted by atomic mass is 9.93. The van der Waals surface area contributed by atoms with Crippen LogP contribution in [0.3, 0.4) is 0 Å². The van der Waals surface area contributed by atoms with Crippen LogP contribution in [-0.4, -0.2) is 37.7 Å². The Balaban J connectivity index is 2.02. The van der Waals surface area contributed by atoms with Gasteiger partial charge in [-0.25, -0.2) is 0 Å². The molecule has 0 radical (unpaired) electrons. The van der Waals surface area contributed by atoms with Gasteiger partial charge >= 0.3 is 0 Å². The van der Waals surface area contributed by atoms with Crippen molar-refractivity contribution < 1.29 is 4.74 Å².